The number of carbonyl (C=O) groups is 1. The van der Waals surface area contributed by atoms with Crippen LogP contribution in [0.5, 0.6) is 0 Å². The average molecular weight is 310 g/mol. The van der Waals surface area contributed by atoms with E-state index in [1.165, 1.54) is 14.0 Å². The summed E-state index contributed by atoms with van der Waals surface area (Å²) in [6.07, 6.45) is 0.680. The van der Waals surface area contributed by atoms with Crippen molar-refractivity contribution in [1.82, 2.24) is 5.32 Å². The van der Waals surface area contributed by atoms with E-state index in [0.29, 0.717) is 13.0 Å². The van der Waals surface area contributed by atoms with E-state index in [1.54, 1.807) is 0 Å². The Hall–Kier alpha value is -1.05. The topological polar surface area (TPSA) is 85.6 Å². The SMILES string of the molecule is CCC(COC)NC(=O)c1cc(S(=O)(=O)Cl)c(C)o1. The summed E-state index contributed by atoms with van der Waals surface area (Å²) in [7, 11) is 2.84. The number of aryl methyl sites for hydroxylation is 1. The molecule has 1 atom stereocenters. The van der Waals surface area contributed by atoms with Gasteiger partial charge in [0, 0.05) is 23.9 Å². The minimum atomic E-state index is -3.92. The fourth-order valence-corrected chi connectivity index (χ4v) is 2.63. The molecule has 19 heavy (non-hydrogen) atoms. The molecule has 108 valence electrons. The van der Waals surface area contributed by atoms with Crippen LogP contribution in [0.1, 0.15) is 29.7 Å². The number of nitrogens with one attached hydrogen (secondary N) is 1. The van der Waals surface area contributed by atoms with Crippen molar-refractivity contribution >= 4 is 25.6 Å². The molecule has 0 fully saturated rings. The van der Waals surface area contributed by atoms with Crippen molar-refractivity contribution in [2.45, 2.75) is 31.2 Å². The minimum absolute atomic E-state index is 0.0833. The Kier molecular flexibility index (Phi) is 5.39. The van der Waals surface area contributed by atoms with Crippen molar-refractivity contribution in [3.8, 4) is 0 Å². The molecule has 1 rings (SSSR count). The van der Waals surface area contributed by atoms with Crippen LogP contribution in [-0.2, 0) is 13.8 Å². The number of halogens is 1. The Labute approximate surface area is 116 Å². The molecule has 1 N–H and O–H groups in total. The van der Waals surface area contributed by atoms with Crippen LogP contribution < -0.4 is 5.32 Å². The maximum absolute atomic E-state index is 11.9. The van der Waals surface area contributed by atoms with E-state index in [4.69, 9.17) is 19.8 Å². The van der Waals surface area contributed by atoms with Crippen molar-refractivity contribution in [1.29, 1.82) is 0 Å². The smallest absolute Gasteiger partial charge is 0.287 e. The molecule has 0 aliphatic heterocycles. The fourth-order valence-electron chi connectivity index (χ4n) is 1.54. The van der Waals surface area contributed by atoms with Crippen LogP contribution in [0.3, 0.4) is 0 Å². The van der Waals surface area contributed by atoms with E-state index in [9.17, 15) is 13.2 Å². The molecule has 1 heterocycles. The first-order valence-corrected chi connectivity index (χ1v) is 7.95. The Morgan fingerprint density at radius 3 is 2.63 bits per heavy atom. The van der Waals surface area contributed by atoms with Gasteiger partial charge in [0.2, 0.25) is 0 Å². The molecule has 1 unspecified atom stereocenters. The molecular formula is C11H16ClNO5S. The Bertz CT molecular complexity index is 551. The van der Waals surface area contributed by atoms with Crippen LogP contribution in [0.25, 0.3) is 0 Å². The average Bonchev–Trinajstić information content (AvgIpc) is 2.70. The molecule has 0 aliphatic rings. The van der Waals surface area contributed by atoms with Gasteiger partial charge in [-0.2, -0.15) is 0 Å². The van der Waals surface area contributed by atoms with Gasteiger partial charge in [0.05, 0.1) is 12.6 Å². The minimum Gasteiger partial charge on any atom is -0.455 e. The number of ether oxygens (including phenoxy) is 1. The predicted molar refractivity (Wildman–Crippen MR) is 69.9 cm³/mol. The molecule has 1 amide bonds. The molecule has 1 aromatic heterocycles. The van der Waals surface area contributed by atoms with E-state index in [-0.39, 0.29) is 22.5 Å². The number of hydrogen-bond acceptors (Lipinski definition) is 5. The van der Waals surface area contributed by atoms with Gasteiger partial charge >= 0.3 is 0 Å². The Balaban J connectivity index is 2.90. The number of rotatable bonds is 6. The van der Waals surface area contributed by atoms with Gasteiger partial charge in [0.25, 0.3) is 15.0 Å². The number of furan rings is 1. The van der Waals surface area contributed by atoms with Crippen molar-refractivity contribution in [2.75, 3.05) is 13.7 Å². The van der Waals surface area contributed by atoms with Crippen LogP contribution in [0.2, 0.25) is 0 Å². The van der Waals surface area contributed by atoms with Gasteiger partial charge in [0.15, 0.2) is 5.76 Å². The number of methoxy groups -OCH3 is 1. The van der Waals surface area contributed by atoms with E-state index in [1.807, 2.05) is 6.92 Å². The highest BCUT2D eigenvalue weighted by Crippen LogP contribution is 2.23. The maximum Gasteiger partial charge on any atom is 0.287 e. The monoisotopic (exact) mass is 309 g/mol. The second-order valence-electron chi connectivity index (χ2n) is 4.00. The summed E-state index contributed by atoms with van der Waals surface area (Å²) in [5, 5.41) is 2.68. The molecule has 0 saturated heterocycles. The van der Waals surface area contributed by atoms with Crippen molar-refractivity contribution in [2.24, 2.45) is 0 Å². The largest absolute Gasteiger partial charge is 0.455 e. The zero-order chi connectivity index (χ0) is 14.6. The fraction of sp³-hybridized carbons (Fsp3) is 0.545. The van der Waals surface area contributed by atoms with Gasteiger partial charge in [-0.1, -0.05) is 6.92 Å². The molecule has 0 spiro atoms. The molecule has 1 aromatic rings. The van der Waals surface area contributed by atoms with Crippen LogP contribution in [0, 0.1) is 6.92 Å². The van der Waals surface area contributed by atoms with Crippen molar-refractivity contribution in [3.05, 3.63) is 17.6 Å². The van der Waals surface area contributed by atoms with E-state index >= 15 is 0 Å². The molecule has 0 saturated carbocycles. The highest BCUT2D eigenvalue weighted by molar-refractivity contribution is 8.13. The Morgan fingerprint density at radius 2 is 2.21 bits per heavy atom. The molecule has 0 aromatic carbocycles. The summed E-state index contributed by atoms with van der Waals surface area (Å²) >= 11 is 0. The van der Waals surface area contributed by atoms with Gasteiger partial charge in [-0.05, 0) is 13.3 Å². The maximum atomic E-state index is 11.9. The van der Waals surface area contributed by atoms with E-state index in [2.05, 4.69) is 5.32 Å². The normalized spacial score (nSPS) is 13.3. The van der Waals surface area contributed by atoms with Crippen molar-refractivity contribution in [3.63, 3.8) is 0 Å². The molecular weight excluding hydrogens is 294 g/mol. The summed E-state index contributed by atoms with van der Waals surface area (Å²) in [4.78, 5) is 11.7. The van der Waals surface area contributed by atoms with Gasteiger partial charge < -0.3 is 14.5 Å². The van der Waals surface area contributed by atoms with E-state index < -0.39 is 15.0 Å². The number of amides is 1. The van der Waals surface area contributed by atoms with E-state index in [0.717, 1.165) is 6.07 Å². The first-order valence-electron chi connectivity index (χ1n) is 5.64. The Morgan fingerprint density at radius 1 is 1.58 bits per heavy atom. The summed E-state index contributed by atoms with van der Waals surface area (Å²) < 4.78 is 32.5. The van der Waals surface area contributed by atoms with Crippen LogP contribution in [-0.4, -0.2) is 34.1 Å². The zero-order valence-electron chi connectivity index (χ0n) is 10.9. The second-order valence-corrected chi connectivity index (χ2v) is 6.54. The second kappa shape index (κ2) is 6.40. The summed E-state index contributed by atoms with van der Waals surface area (Å²) in [6.45, 7) is 3.69. The quantitative estimate of drug-likeness (QED) is 0.808. The summed E-state index contributed by atoms with van der Waals surface area (Å²) in [5.74, 6) is -0.509. The summed E-state index contributed by atoms with van der Waals surface area (Å²) in [6, 6.07) is 0.950. The molecule has 6 nitrogen and oxygen atoms in total. The van der Waals surface area contributed by atoms with Crippen molar-refractivity contribution < 1.29 is 22.4 Å². The molecule has 0 radical (unpaired) electrons. The first kappa shape index (κ1) is 16.0. The highest BCUT2D eigenvalue weighted by atomic mass is 35.7. The lowest BCUT2D eigenvalue weighted by atomic mass is 10.2. The van der Waals surface area contributed by atoms with Gasteiger partial charge in [-0.15, -0.1) is 0 Å². The number of carbonyl (C=O) groups excluding carboxylic acids is 1. The standard InChI is InChI=1S/C11H16ClNO5S/c1-4-8(6-17-3)13-11(14)9-5-10(7(2)18-9)19(12,15)16/h5,8H,4,6H2,1-3H3,(H,13,14). The van der Waals surface area contributed by atoms with Gasteiger partial charge in [-0.25, -0.2) is 8.42 Å². The molecule has 0 aliphatic carbocycles. The number of hydrogen-bond donors (Lipinski definition) is 1. The van der Waals surface area contributed by atoms with Gasteiger partial charge in [-0.3, -0.25) is 4.79 Å². The lowest BCUT2D eigenvalue weighted by Gasteiger charge is -2.14. The lowest BCUT2D eigenvalue weighted by Crippen LogP contribution is -2.37. The summed E-state index contributed by atoms with van der Waals surface area (Å²) in [5.41, 5.74) is 0. The zero-order valence-corrected chi connectivity index (χ0v) is 12.5. The molecule has 0 bridgehead atoms. The lowest BCUT2D eigenvalue weighted by molar-refractivity contribution is 0.0866. The third kappa shape index (κ3) is 4.22. The van der Waals surface area contributed by atoms with Gasteiger partial charge in [0.1, 0.15) is 10.7 Å². The van der Waals surface area contributed by atoms with Crippen LogP contribution >= 0.6 is 10.7 Å². The van der Waals surface area contributed by atoms with Crippen LogP contribution in [0.4, 0.5) is 0 Å². The third-order valence-electron chi connectivity index (χ3n) is 2.55. The predicted octanol–water partition coefficient (Wildman–Crippen LogP) is 1.67. The van der Waals surface area contributed by atoms with Crippen LogP contribution in [0.15, 0.2) is 15.4 Å². The highest BCUT2D eigenvalue weighted by Gasteiger charge is 2.23. The first-order chi connectivity index (χ1) is 8.79. The third-order valence-corrected chi connectivity index (χ3v) is 3.98. The molecule has 8 heteroatoms.